The van der Waals surface area contributed by atoms with E-state index < -0.39 is 0 Å². The molecule has 1 aromatic heterocycles. The Hall–Kier alpha value is -0.530. The molecule has 0 saturated heterocycles. The van der Waals surface area contributed by atoms with Crippen molar-refractivity contribution >= 4 is 51.6 Å². The Morgan fingerprint density at radius 2 is 2.05 bits per heavy atom. The molecule has 0 saturated carbocycles. The minimum atomic E-state index is 0.00698. The number of rotatable bonds is 6. The second-order valence-electron chi connectivity index (χ2n) is 3.95. The van der Waals surface area contributed by atoms with Crippen molar-refractivity contribution in [2.45, 2.75) is 5.75 Å². The summed E-state index contributed by atoms with van der Waals surface area (Å²) in [5.41, 5.74) is 2.09. The molecule has 1 amide bonds. The van der Waals surface area contributed by atoms with Crippen molar-refractivity contribution in [1.29, 1.82) is 0 Å². The van der Waals surface area contributed by atoms with Gasteiger partial charge in [-0.05, 0) is 69.2 Å². The molecule has 0 atom stereocenters. The maximum atomic E-state index is 11.8. The Labute approximate surface area is 135 Å². The molecule has 0 aliphatic rings. The summed E-state index contributed by atoms with van der Waals surface area (Å²) in [6, 6.07) is 9.74. The second-order valence-corrected chi connectivity index (χ2v) is 7.08. The minimum Gasteiger partial charge on any atom is -0.351 e. The summed E-state index contributed by atoms with van der Waals surface area (Å²) in [7, 11) is 0. The van der Waals surface area contributed by atoms with Gasteiger partial charge in [-0.15, -0.1) is 0 Å². The highest BCUT2D eigenvalue weighted by Gasteiger charge is 2.03. The van der Waals surface area contributed by atoms with E-state index >= 15 is 0 Å². The van der Waals surface area contributed by atoms with Crippen LogP contribution in [0.2, 0.25) is 0 Å². The molecule has 5 heteroatoms. The normalized spacial score (nSPS) is 10.4. The molecule has 2 aromatic rings. The number of thioether (sulfide) groups is 1. The average Bonchev–Trinajstić information content (AvgIpc) is 2.92. The van der Waals surface area contributed by atoms with E-state index in [1.54, 1.807) is 11.3 Å². The quantitative estimate of drug-likeness (QED) is 0.583. The predicted octanol–water partition coefficient (Wildman–Crippen LogP) is 4.02. The highest BCUT2D eigenvalue weighted by Crippen LogP contribution is 2.14. The standard InChI is InChI=1S/C14H14INOS2/c15-13-3-1-12(2-4-13)14(17)16-6-8-19-10-11-5-7-18-9-11/h1-5,7,9H,6,8,10H2,(H,16,17). The molecule has 0 bridgehead atoms. The van der Waals surface area contributed by atoms with Gasteiger partial charge in [0.2, 0.25) is 0 Å². The van der Waals surface area contributed by atoms with Gasteiger partial charge in [-0.1, -0.05) is 0 Å². The molecule has 19 heavy (non-hydrogen) atoms. The van der Waals surface area contributed by atoms with E-state index in [1.807, 2.05) is 36.0 Å². The third-order valence-corrected chi connectivity index (χ3v) is 4.97. The summed E-state index contributed by atoms with van der Waals surface area (Å²) >= 11 is 5.79. The van der Waals surface area contributed by atoms with Gasteiger partial charge in [0.15, 0.2) is 0 Å². The first kappa shape index (κ1) is 14.9. The molecule has 0 fully saturated rings. The van der Waals surface area contributed by atoms with Crippen LogP contribution in [0.3, 0.4) is 0 Å². The monoisotopic (exact) mass is 403 g/mol. The maximum Gasteiger partial charge on any atom is 0.251 e. The number of benzene rings is 1. The molecule has 1 heterocycles. The zero-order valence-electron chi connectivity index (χ0n) is 10.3. The summed E-state index contributed by atoms with van der Waals surface area (Å²) in [6.45, 7) is 0.708. The lowest BCUT2D eigenvalue weighted by molar-refractivity contribution is 0.0956. The van der Waals surface area contributed by atoms with Crippen molar-refractivity contribution in [1.82, 2.24) is 5.32 Å². The van der Waals surface area contributed by atoms with Gasteiger partial charge in [-0.2, -0.15) is 23.1 Å². The van der Waals surface area contributed by atoms with Gasteiger partial charge in [0, 0.05) is 27.2 Å². The van der Waals surface area contributed by atoms with Crippen molar-refractivity contribution in [3.05, 3.63) is 55.8 Å². The minimum absolute atomic E-state index is 0.00698. The summed E-state index contributed by atoms with van der Waals surface area (Å²) in [5, 5.41) is 7.19. The lowest BCUT2D eigenvalue weighted by Crippen LogP contribution is -2.25. The van der Waals surface area contributed by atoms with Crippen LogP contribution >= 0.6 is 45.7 Å². The van der Waals surface area contributed by atoms with Crippen LogP contribution < -0.4 is 5.32 Å². The van der Waals surface area contributed by atoms with Crippen molar-refractivity contribution in [3.8, 4) is 0 Å². The number of hydrogen-bond acceptors (Lipinski definition) is 3. The molecule has 0 aliphatic carbocycles. The third kappa shape index (κ3) is 5.16. The SMILES string of the molecule is O=C(NCCSCc1ccsc1)c1ccc(I)cc1. The Kier molecular flexibility index (Phi) is 6.19. The number of nitrogens with one attached hydrogen (secondary N) is 1. The molecule has 0 radical (unpaired) electrons. The largest absolute Gasteiger partial charge is 0.351 e. The number of hydrogen-bond donors (Lipinski definition) is 1. The van der Waals surface area contributed by atoms with Crippen LogP contribution in [0, 0.1) is 3.57 Å². The zero-order chi connectivity index (χ0) is 13.5. The summed E-state index contributed by atoms with van der Waals surface area (Å²) in [6.07, 6.45) is 0. The zero-order valence-corrected chi connectivity index (χ0v) is 14.1. The van der Waals surface area contributed by atoms with Gasteiger partial charge in [0.05, 0.1) is 0 Å². The van der Waals surface area contributed by atoms with E-state index in [2.05, 4.69) is 44.7 Å². The fraction of sp³-hybridized carbons (Fsp3) is 0.214. The van der Waals surface area contributed by atoms with Gasteiger partial charge in [0.1, 0.15) is 0 Å². The number of halogens is 1. The molecule has 1 N–H and O–H groups in total. The van der Waals surface area contributed by atoms with E-state index in [1.165, 1.54) is 5.56 Å². The van der Waals surface area contributed by atoms with E-state index in [9.17, 15) is 4.79 Å². The summed E-state index contributed by atoms with van der Waals surface area (Å²) in [5.74, 6) is 1.96. The van der Waals surface area contributed by atoms with E-state index in [0.29, 0.717) is 6.54 Å². The van der Waals surface area contributed by atoms with Crippen LogP contribution in [0.5, 0.6) is 0 Å². The van der Waals surface area contributed by atoms with Crippen molar-refractivity contribution in [3.63, 3.8) is 0 Å². The number of carbonyl (C=O) groups is 1. The van der Waals surface area contributed by atoms with E-state index in [0.717, 1.165) is 20.6 Å². The number of carbonyl (C=O) groups excluding carboxylic acids is 1. The molecule has 100 valence electrons. The van der Waals surface area contributed by atoms with Crippen LogP contribution in [0.4, 0.5) is 0 Å². The molecule has 0 unspecified atom stereocenters. The lowest BCUT2D eigenvalue weighted by atomic mass is 10.2. The molecule has 0 aliphatic heterocycles. The summed E-state index contributed by atoms with van der Waals surface area (Å²) in [4.78, 5) is 11.8. The van der Waals surface area contributed by atoms with Gasteiger partial charge in [-0.3, -0.25) is 4.79 Å². The van der Waals surface area contributed by atoms with Gasteiger partial charge in [-0.25, -0.2) is 0 Å². The second kappa shape index (κ2) is 7.91. The fourth-order valence-electron chi connectivity index (χ4n) is 1.50. The topological polar surface area (TPSA) is 29.1 Å². The van der Waals surface area contributed by atoms with Gasteiger partial charge >= 0.3 is 0 Å². The van der Waals surface area contributed by atoms with Crippen LogP contribution in [-0.4, -0.2) is 18.2 Å². The van der Waals surface area contributed by atoms with Crippen molar-refractivity contribution in [2.75, 3.05) is 12.3 Å². The molecular weight excluding hydrogens is 389 g/mol. The van der Waals surface area contributed by atoms with Crippen LogP contribution in [0.15, 0.2) is 41.1 Å². The summed E-state index contributed by atoms with van der Waals surface area (Å²) < 4.78 is 1.14. The van der Waals surface area contributed by atoms with Crippen LogP contribution in [-0.2, 0) is 5.75 Å². The molecule has 0 spiro atoms. The Morgan fingerprint density at radius 3 is 2.74 bits per heavy atom. The average molecular weight is 403 g/mol. The highest BCUT2D eigenvalue weighted by atomic mass is 127. The predicted molar refractivity (Wildman–Crippen MR) is 92.0 cm³/mol. The number of thiophene rings is 1. The molecule has 1 aromatic carbocycles. The molecule has 2 nitrogen and oxygen atoms in total. The third-order valence-electron chi connectivity index (χ3n) is 2.49. The van der Waals surface area contributed by atoms with Crippen molar-refractivity contribution in [2.24, 2.45) is 0 Å². The number of amides is 1. The smallest absolute Gasteiger partial charge is 0.251 e. The van der Waals surface area contributed by atoms with E-state index in [4.69, 9.17) is 0 Å². The van der Waals surface area contributed by atoms with Crippen LogP contribution in [0.25, 0.3) is 0 Å². The highest BCUT2D eigenvalue weighted by molar-refractivity contribution is 14.1. The Bertz CT molecular complexity index is 511. The Balaban J connectivity index is 1.65. The van der Waals surface area contributed by atoms with Crippen LogP contribution in [0.1, 0.15) is 15.9 Å². The Morgan fingerprint density at radius 1 is 1.26 bits per heavy atom. The first-order chi connectivity index (χ1) is 9.25. The molecule has 2 rings (SSSR count). The molecular formula is C14H14INOS2. The lowest BCUT2D eigenvalue weighted by Gasteiger charge is -2.05. The first-order valence-electron chi connectivity index (χ1n) is 5.88. The van der Waals surface area contributed by atoms with Gasteiger partial charge < -0.3 is 5.32 Å². The van der Waals surface area contributed by atoms with Gasteiger partial charge in [0.25, 0.3) is 5.91 Å². The van der Waals surface area contributed by atoms with Crippen molar-refractivity contribution < 1.29 is 4.79 Å². The fourth-order valence-corrected chi connectivity index (χ4v) is 3.44. The van der Waals surface area contributed by atoms with E-state index in [-0.39, 0.29) is 5.91 Å². The maximum absolute atomic E-state index is 11.8. The first-order valence-corrected chi connectivity index (χ1v) is 9.06.